The van der Waals surface area contributed by atoms with Gasteiger partial charge in [0.2, 0.25) is 0 Å². The van der Waals surface area contributed by atoms with Crippen LogP contribution in [0.5, 0.6) is 0 Å². The van der Waals surface area contributed by atoms with Crippen molar-refractivity contribution in [3.63, 3.8) is 0 Å². The minimum Gasteiger partial charge on any atom is -0.394 e. The molecule has 1 rings (SSSR count). The highest BCUT2D eigenvalue weighted by atomic mass is 16.3. The Hall–Kier alpha value is -1.56. The number of carbonyl (C=O) groups excluding carboxylic acids is 1. The molecule has 1 heterocycles. The van der Waals surface area contributed by atoms with Gasteiger partial charge in [-0.25, -0.2) is 0 Å². The first-order valence-electron chi connectivity index (χ1n) is 4.32. The summed E-state index contributed by atoms with van der Waals surface area (Å²) in [6.45, 7) is 1.63. The summed E-state index contributed by atoms with van der Waals surface area (Å²) in [5.74, 6) is 0.326. The summed E-state index contributed by atoms with van der Waals surface area (Å²) >= 11 is 0. The van der Waals surface area contributed by atoms with E-state index in [4.69, 9.17) is 5.11 Å². The van der Waals surface area contributed by atoms with E-state index >= 15 is 0 Å². The highest BCUT2D eigenvalue weighted by Crippen LogP contribution is 2.03. The Morgan fingerprint density at radius 3 is 3.00 bits per heavy atom. The van der Waals surface area contributed by atoms with E-state index in [1.54, 1.807) is 20.0 Å². The standard InChI is InChI=1S/C8H14N4O2/c1-5(4-13)10-8(14)6-3-7(9-2)12-11-6/h3,5,13H,4H2,1-2H3,(H,10,14)(H2,9,11,12)/t5-/m0/s1. The topological polar surface area (TPSA) is 90.0 Å². The molecule has 1 amide bonds. The molecule has 0 radical (unpaired) electrons. The maximum atomic E-state index is 11.4. The van der Waals surface area contributed by atoms with Crippen LogP contribution < -0.4 is 10.6 Å². The third-order valence-corrected chi connectivity index (χ3v) is 1.73. The van der Waals surface area contributed by atoms with Crippen LogP contribution in [-0.2, 0) is 0 Å². The Labute approximate surface area is 81.7 Å². The fourth-order valence-electron chi connectivity index (χ4n) is 0.913. The minimum atomic E-state index is -0.277. The molecule has 14 heavy (non-hydrogen) atoms. The predicted molar refractivity (Wildman–Crippen MR) is 52.1 cm³/mol. The molecular formula is C8H14N4O2. The van der Waals surface area contributed by atoms with E-state index < -0.39 is 0 Å². The number of aliphatic hydroxyl groups excluding tert-OH is 1. The quantitative estimate of drug-likeness (QED) is 0.528. The molecule has 6 nitrogen and oxygen atoms in total. The van der Waals surface area contributed by atoms with Crippen molar-refractivity contribution in [1.29, 1.82) is 0 Å². The van der Waals surface area contributed by atoms with Crippen LogP contribution in [-0.4, -0.2) is 40.9 Å². The van der Waals surface area contributed by atoms with Crippen molar-refractivity contribution in [2.75, 3.05) is 19.0 Å². The minimum absolute atomic E-state index is 0.0846. The number of rotatable bonds is 4. The second-order valence-electron chi connectivity index (χ2n) is 2.97. The van der Waals surface area contributed by atoms with E-state index in [1.807, 2.05) is 0 Å². The molecule has 4 N–H and O–H groups in total. The maximum absolute atomic E-state index is 11.4. The van der Waals surface area contributed by atoms with Gasteiger partial charge >= 0.3 is 0 Å². The van der Waals surface area contributed by atoms with Gasteiger partial charge in [-0.2, -0.15) is 5.10 Å². The number of carbonyl (C=O) groups is 1. The van der Waals surface area contributed by atoms with Crippen molar-refractivity contribution in [1.82, 2.24) is 15.5 Å². The average Bonchev–Trinajstić information content (AvgIpc) is 2.65. The first-order chi connectivity index (χ1) is 6.67. The Morgan fingerprint density at radius 2 is 2.50 bits per heavy atom. The number of amides is 1. The Bertz CT molecular complexity index is 310. The fourth-order valence-corrected chi connectivity index (χ4v) is 0.913. The second kappa shape index (κ2) is 4.61. The number of anilines is 1. The van der Waals surface area contributed by atoms with Crippen LogP contribution in [0.1, 0.15) is 17.4 Å². The van der Waals surface area contributed by atoms with Crippen LogP contribution >= 0.6 is 0 Å². The van der Waals surface area contributed by atoms with E-state index in [2.05, 4.69) is 20.8 Å². The number of aromatic nitrogens is 2. The number of hydrogen-bond donors (Lipinski definition) is 4. The van der Waals surface area contributed by atoms with Gasteiger partial charge in [0.25, 0.3) is 5.91 Å². The lowest BCUT2D eigenvalue weighted by Gasteiger charge is -2.08. The van der Waals surface area contributed by atoms with Crippen molar-refractivity contribution in [3.8, 4) is 0 Å². The molecule has 6 heteroatoms. The summed E-state index contributed by atoms with van der Waals surface area (Å²) in [6, 6.07) is 1.34. The zero-order chi connectivity index (χ0) is 10.6. The maximum Gasteiger partial charge on any atom is 0.269 e. The number of hydrogen-bond acceptors (Lipinski definition) is 4. The lowest BCUT2D eigenvalue weighted by molar-refractivity contribution is 0.0917. The van der Waals surface area contributed by atoms with Crippen LogP contribution in [0.3, 0.4) is 0 Å². The van der Waals surface area contributed by atoms with Gasteiger partial charge < -0.3 is 15.7 Å². The van der Waals surface area contributed by atoms with Crippen LogP contribution in [0, 0.1) is 0 Å². The molecule has 0 unspecified atom stereocenters. The van der Waals surface area contributed by atoms with Gasteiger partial charge in [-0.1, -0.05) is 0 Å². The zero-order valence-electron chi connectivity index (χ0n) is 8.16. The van der Waals surface area contributed by atoms with Gasteiger partial charge in [0.1, 0.15) is 11.5 Å². The number of nitrogens with one attached hydrogen (secondary N) is 3. The number of aromatic amines is 1. The number of nitrogens with zero attached hydrogens (tertiary/aromatic N) is 1. The Balaban J connectivity index is 2.60. The Kier molecular flexibility index (Phi) is 3.47. The molecule has 0 aliphatic rings. The van der Waals surface area contributed by atoms with Crippen molar-refractivity contribution >= 4 is 11.7 Å². The molecule has 0 aliphatic heterocycles. The van der Waals surface area contributed by atoms with E-state index in [0.717, 1.165) is 0 Å². The van der Waals surface area contributed by atoms with Crippen molar-refractivity contribution < 1.29 is 9.90 Å². The van der Waals surface area contributed by atoms with Gasteiger partial charge in [0.05, 0.1) is 6.61 Å². The summed E-state index contributed by atoms with van der Waals surface area (Å²) in [7, 11) is 1.72. The third-order valence-electron chi connectivity index (χ3n) is 1.73. The summed E-state index contributed by atoms with van der Waals surface area (Å²) in [5, 5.41) is 20.5. The smallest absolute Gasteiger partial charge is 0.269 e. The SMILES string of the molecule is CNc1cc(C(=O)N[C@@H](C)CO)[nH]n1. The number of aliphatic hydroxyl groups is 1. The van der Waals surface area contributed by atoms with Crippen LogP contribution in [0.15, 0.2) is 6.07 Å². The molecule has 0 aromatic carbocycles. The molecule has 1 atom stereocenters. The predicted octanol–water partition coefficient (Wildman–Crippen LogP) is -0.438. The summed E-state index contributed by atoms with van der Waals surface area (Å²) in [6.07, 6.45) is 0. The van der Waals surface area contributed by atoms with Gasteiger partial charge in [-0.3, -0.25) is 9.89 Å². The van der Waals surface area contributed by atoms with Gasteiger partial charge in [-0.15, -0.1) is 0 Å². The summed E-state index contributed by atoms with van der Waals surface area (Å²) in [5.41, 5.74) is 0.370. The van der Waals surface area contributed by atoms with Crippen molar-refractivity contribution in [2.45, 2.75) is 13.0 Å². The molecule has 1 aromatic heterocycles. The molecule has 0 aliphatic carbocycles. The highest BCUT2D eigenvalue weighted by molar-refractivity contribution is 5.93. The second-order valence-corrected chi connectivity index (χ2v) is 2.97. The molecular weight excluding hydrogens is 184 g/mol. The monoisotopic (exact) mass is 198 g/mol. The molecule has 1 aromatic rings. The van der Waals surface area contributed by atoms with E-state index in [9.17, 15) is 4.79 Å². The molecule has 0 spiro atoms. The molecule has 0 fully saturated rings. The molecule has 78 valence electrons. The molecule has 0 saturated heterocycles. The number of H-pyrrole nitrogens is 1. The van der Waals surface area contributed by atoms with Gasteiger partial charge in [0, 0.05) is 19.2 Å². The first kappa shape index (κ1) is 10.5. The van der Waals surface area contributed by atoms with E-state index in [0.29, 0.717) is 11.5 Å². The average molecular weight is 198 g/mol. The highest BCUT2D eigenvalue weighted by Gasteiger charge is 2.11. The Morgan fingerprint density at radius 1 is 1.79 bits per heavy atom. The van der Waals surface area contributed by atoms with Crippen molar-refractivity contribution in [2.24, 2.45) is 0 Å². The first-order valence-corrected chi connectivity index (χ1v) is 4.32. The lowest BCUT2D eigenvalue weighted by atomic mass is 10.3. The fraction of sp³-hybridized carbons (Fsp3) is 0.500. The third kappa shape index (κ3) is 2.46. The molecule has 0 saturated carbocycles. The van der Waals surface area contributed by atoms with E-state index in [-0.39, 0.29) is 18.6 Å². The van der Waals surface area contributed by atoms with E-state index in [1.165, 1.54) is 0 Å². The lowest BCUT2D eigenvalue weighted by Crippen LogP contribution is -2.35. The molecule has 0 bridgehead atoms. The zero-order valence-corrected chi connectivity index (χ0v) is 8.16. The normalized spacial score (nSPS) is 12.2. The van der Waals surface area contributed by atoms with Gasteiger partial charge in [-0.05, 0) is 6.92 Å². The summed E-state index contributed by atoms with van der Waals surface area (Å²) < 4.78 is 0. The van der Waals surface area contributed by atoms with Crippen molar-refractivity contribution in [3.05, 3.63) is 11.8 Å². The summed E-state index contributed by atoms with van der Waals surface area (Å²) in [4.78, 5) is 11.4. The van der Waals surface area contributed by atoms with Crippen LogP contribution in [0.2, 0.25) is 0 Å². The van der Waals surface area contributed by atoms with Crippen LogP contribution in [0.4, 0.5) is 5.82 Å². The van der Waals surface area contributed by atoms with Gasteiger partial charge in [0.15, 0.2) is 0 Å². The largest absolute Gasteiger partial charge is 0.394 e. The van der Waals surface area contributed by atoms with Crippen LogP contribution in [0.25, 0.3) is 0 Å².